The average Bonchev–Trinajstić information content (AvgIpc) is 2.61. The van der Waals surface area contributed by atoms with Crippen molar-refractivity contribution in [3.05, 3.63) is 35.9 Å². The lowest BCUT2D eigenvalue weighted by molar-refractivity contribution is 0.0549. The highest BCUT2D eigenvalue weighted by Gasteiger charge is 2.26. The summed E-state index contributed by atoms with van der Waals surface area (Å²) < 4.78 is 0. The maximum atomic E-state index is 10.5. The van der Waals surface area contributed by atoms with Crippen LogP contribution in [-0.2, 0) is 0 Å². The van der Waals surface area contributed by atoms with Gasteiger partial charge in [0.1, 0.15) is 0 Å². The van der Waals surface area contributed by atoms with Gasteiger partial charge in [0, 0.05) is 13.1 Å². The zero-order valence-electron chi connectivity index (χ0n) is 13.7. The molecule has 0 aromatic heterocycles. The molecule has 2 heterocycles. The molecule has 0 aliphatic carbocycles. The zero-order chi connectivity index (χ0) is 15.2. The number of rotatable bonds is 5. The topological polar surface area (TPSA) is 26.7 Å². The molecule has 0 amide bonds. The first kappa shape index (κ1) is 16.0. The minimum Gasteiger partial charge on any atom is -0.388 e. The van der Waals surface area contributed by atoms with Gasteiger partial charge in [0.2, 0.25) is 0 Å². The summed E-state index contributed by atoms with van der Waals surface area (Å²) in [5, 5.41) is 10.5. The van der Waals surface area contributed by atoms with Crippen LogP contribution in [0, 0.1) is 5.92 Å². The van der Waals surface area contributed by atoms with Gasteiger partial charge in [-0.2, -0.15) is 0 Å². The summed E-state index contributed by atoms with van der Waals surface area (Å²) in [5.74, 6) is 0.425. The van der Waals surface area contributed by atoms with Crippen molar-refractivity contribution in [2.45, 2.75) is 38.2 Å². The number of likely N-dealkylation sites (tertiary alicyclic amines) is 2. The largest absolute Gasteiger partial charge is 0.388 e. The third kappa shape index (κ3) is 4.31. The molecule has 2 fully saturated rings. The molecule has 0 spiro atoms. The zero-order valence-corrected chi connectivity index (χ0v) is 13.7. The maximum Gasteiger partial charge on any atom is 0.0819 e. The van der Waals surface area contributed by atoms with Crippen molar-refractivity contribution < 1.29 is 5.11 Å². The summed E-state index contributed by atoms with van der Waals surface area (Å²) in [4.78, 5) is 5.21. The van der Waals surface area contributed by atoms with E-state index >= 15 is 0 Å². The van der Waals surface area contributed by atoms with Gasteiger partial charge in [-0.25, -0.2) is 0 Å². The second kappa shape index (κ2) is 8.09. The Morgan fingerprint density at radius 2 is 1.45 bits per heavy atom. The summed E-state index contributed by atoms with van der Waals surface area (Å²) in [6, 6.07) is 10.2. The van der Waals surface area contributed by atoms with E-state index in [9.17, 15) is 5.11 Å². The fourth-order valence-corrected chi connectivity index (χ4v) is 3.88. The average molecular weight is 302 g/mol. The first-order valence-electron chi connectivity index (χ1n) is 9.00. The fraction of sp³-hybridized carbons (Fsp3) is 0.684. The van der Waals surface area contributed by atoms with Crippen LogP contribution in [0.5, 0.6) is 0 Å². The molecule has 3 heteroatoms. The summed E-state index contributed by atoms with van der Waals surface area (Å²) in [7, 11) is 0. The Hall–Kier alpha value is -0.900. The molecule has 1 aromatic rings. The van der Waals surface area contributed by atoms with Gasteiger partial charge >= 0.3 is 0 Å². The SMILES string of the molecule is OC(c1ccccc1)C1CCN(CCN2CCCCC2)CC1. The summed E-state index contributed by atoms with van der Waals surface area (Å²) in [6.45, 7) is 7.30. The highest BCUT2D eigenvalue weighted by Crippen LogP contribution is 2.30. The van der Waals surface area contributed by atoms with Gasteiger partial charge in [-0.05, 0) is 63.3 Å². The Morgan fingerprint density at radius 1 is 0.864 bits per heavy atom. The molecule has 0 radical (unpaired) electrons. The molecule has 2 aliphatic heterocycles. The van der Waals surface area contributed by atoms with E-state index in [0.29, 0.717) is 5.92 Å². The predicted molar refractivity (Wildman–Crippen MR) is 90.9 cm³/mol. The van der Waals surface area contributed by atoms with Crippen molar-refractivity contribution in [2.75, 3.05) is 39.3 Å². The van der Waals surface area contributed by atoms with Gasteiger partial charge in [0.15, 0.2) is 0 Å². The predicted octanol–water partition coefficient (Wildman–Crippen LogP) is 2.92. The number of hydrogen-bond donors (Lipinski definition) is 1. The van der Waals surface area contributed by atoms with E-state index in [1.807, 2.05) is 30.3 Å². The lowest BCUT2D eigenvalue weighted by atomic mass is 9.87. The molecule has 1 N–H and O–H groups in total. The van der Waals surface area contributed by atoms with Crippen LogP contribution in [-0.4, -0.2) is 54.2 Å². The van der Waals surface area contributed by atoms with E-state index in [1.54, 1.807) is 0 Å². The van der Waals surface area contributed by atoms with E-state index in [1.165, 1.54) is 45.4 Å². The summed E-state index contributed by atoms with van der Waals surface area (Å²) in [5.41, 5.74) is 1.08. The molecule has 2 aliphatic rings. The number of hydrogen-bond acceptors (Lipinski definition) is 3. The molecule has 1 unspecified atom stereocenters. The smallest absolute Gasteiger partial charge is 0.0819 e. The van der Waals surface area contributed by atoms with E-state index in [2.05, 4.69) is 9.80 Å². The highest BCUT2D eigenvalue weighted by atomic mass is 16.3. The van der Waals surface area contributed by atoms with E-state index in [-0.39, 0.29) is 6.10 Å². The maximum absolute atomic E-state index is 10.5. The molecular weight excluding hydrogens is 272 g/mol. The Balaban J connectivity index is 1.40. The van der Waals surface area contributed by atoms with E-state index in [0.717, 1.165) is 31.5 Å². The van der Waals surface area contributed by atoms with E-state index < -0.39 is 0 Å². The van der Waals surface area contributed by atoms with Crippen molar-refractivity contribution >= 4 is 0 Å². The number of nitrogens with zero attached hydrogens (tertiary/aromatic N) is 2. The molecule has 2 saturated heterocycles. The second-order valence-electron chi connectivity index (χ2n) is 6.94. The quantitative estimate of drug-likeness (QED) is 0.906. The first-order valence-corrected chi connectivity index (χ1v) is 9.00. The van der Waals surface area contributed by atoms with Gasteiger partial charge in [0.25, 0.3) is 0 Å². The number of aliphatic hydroxyl groups excluding tert-OH is 1. The van der Waals surface area contributed by atoms with Gasteiger partial charge in [-0.15, -0.1) is 0 Å². The molecule has 1 atom stereocenters. The third-order valence-electron chi connectivity index (χ3n) is 5.40. The molecule has 3 nitrogen and oxygen atoms in total. The van der Waals surface area contributed by atoms with E-state index in [4.69, 9.17) is 0 Å². The Labute approximate surface area is 134 Å². The van der Waals surface area contributed by atoms with Crippen molar-refractivity contribution in [1.82, 2.24) is 9.80 Å². The highest BCUT2D eigenvalue weighted by molar-refractivity contribution is 5.18. The lowest BCUT2D eigenvalue weighted by Crippen LogP contribution is -2.41. The fourth-order valence-electron chi connectivity index (χ4n) is 3.88. The van der Waals surface area contributed by atoms with Crippen LogP contribution >= 0.6 is 0 Å². The second-order valence-corrected chi connectivity index (χ2v) is 6.94. The third-order valence-corrected chi connectivity index (χ3v) is 5.40. The van der Waals surface area contributed by atoms with Crippen LogP contribution < -0.4 is 0 Å². The molecule has 0 saturated carbocycles. The Kier molecular flexibility index (Phi) is 5.88. The standard InChI is InChI=1S/C19H30N2O/c22-19(17-7-3-1-4-8-17)18-9-13-21(14-10-18)16-15-20-11-5-2-6-12-20/h1,3-4,7-8,18-19,22H,2,5-6,9-16H2. The number of aliphatic hydroxyl groups is 1. The Bertz CT molecular complexity index is 422. The number of piperidine rings is 2. The molecule has 3 rings (SSSR count). The summed E-state index contributed by atoms with van der Waals surface area (Å²) >= 11 is 0. The van der Waals surface area contributed by atoms with Crippen LogP contribution in [0.1, 0.15) is 43.8 Å². The van der Waals surface area contributed by atoms with Crippen LogP contribution in [0.4, 0.5) is 0 Å². The first-order chi connectivity index (χ1) is 10.8. The van der Waals surface area contributed by atoms with Crippen molar-refractivity contribution in [2.24, 2.45) is 5.92 Å². The minimum atomic E-state index is -0.287. The van der Waals surface area contributed by atoms with Crippen molar-refractivity contribution in [3.8, 4) is 0 Å². The Morgan fingerprint density at radius 3 is 2.09 bits per heavy atom. The van der Waals surface area contributed by atoms with Gasteiger partial charge < -0.3 is 14.9 Å². The van der Waals surface area contributed by atoms with Crippen LogP contribution in [0.3, 0.4) is 0 Å². The molecular formula is C19H30N2O. The normalized spacial score (nSPS) is 23.5. The van der Waals surface area contributed by atoms with Crippen LogP contribution in [0.25, 0.3) is 0 Å². The van der Waals surface area contributed by atoms with Crippen LogP contribution in [0.2, 0.25) is 0 Å². The molecule has 22 heavy (non-hydrogen) atoms. The van der Waals surface area contributed by atoms with Crippen LogP contribution in [0.15, 0.2) is 30.3 Å². The number of benzene rings is 1. The lowest BCUT2D eigenvalue weighted by Gasteiger charge is -2.36. The molecule has 122 valence electrons. The van der Waals surface area contributed by atoms with Crippen molar-refractivity contribution in [1.29, 1.82) is 0 Å². The van der Waals surface area contributed by atoms with Gasteiger partial charge in [-0.1, -0.05) is 36.8 Å². The van der Waals surface area contributed by atoms with Gasteiger partial charge in [-0.3, -0.25) is 0 Å². The molecule has 1 aromatic carbocycles. The van der Waals surface area contributed by atoms with Crippen molar-refractivity contribution in [3.63, 3.8) is 0 Å². The minimum absolute atomic E-state index is 0.287. The molecule has 0 bridgehead atoms. The monoisotopic (exact) mass is 302 g/mol. The van der Waals surface area contributed by atoms with Gasteiger partial charge in [0.05, 0.1) is 6.10 Å². The summed E-state index contributed by atoms with van der Waals surface area (Å²) in [6.07, 6.45) is 6.13.